The van der Waals surface area contributed by atoms with Crippen LogP contribution in [-0.2, 0) is 4.79 Å². The number of halogens is 2. The molecule has 0 heterocycles. The van der Waals surface area contributed by atoms with Crippen LogP contribution in [-0.4, -0.2) is 12.0 Å². The summed E-state index contributed by atoms with van der Waals surface area (Å²) < 4.78 is 31.8. The van der Waals surface area contributed by atoms with Gasteiger partial charge in [-0.2, -0.15) is 0 Å². The third kappa shape index (κ3) is 3.54. The van der Waals surface area contributed by atoms with E-state index in [-0.39, 0.29) is 5.69 Å². The second-order valence-electron chi connectivity index (χ2n) is 4.19. The maximum Gasteiger partial charge on any atom is 0.265 e. The molecule has 0 spiro atoms. The van der Waals surface area contributed by atoms with E-state index in [0.717, 1.165) is 18.2 Å². The fraction of sp³-hybridized carbons (Fsp3) is 0.133. The first-order chi connectivity index (χ1) is 9.56. The van der Waals surface area contributed by atoms with Crippen LogP contribution in [0.5, 0.6) is 5.75 Å². The summed E-state index contributed by atoms with van der Waals surface area (Å²) in [7, 11) is 0. The van der Waals surface area contributed by atoms with Gasteiger partial charge in [0.1, 0.15) is 17.4 Å². The molecule has 2 aromatic carbocycles. The molecule has 2 rings (SSSR count). The van der Waals surface area contributed by atoms with Gasteiger partial charge in [0, 0.05) is 6.07 Å². The van der Waals surface area contributed by atoms with E-state index in [1.165, 1.54) is 6.92 Å². The molecule has 0 aromatic heterocycles. The zero-order valence-corrected chi connectivity index (χ0v) is 10.8. The van der Waals surface area contributed by atoms with E-state index < -0.39 is 23.6 Å². The minimum atomic E-state index is -0.833. The summed E-state index contributed by atoms with van der Waals surface area (Å²) in [5.41, 5.74) is -0.210. The fourth-order valence-electron chi connectivity index (χ4n) is 1.58. The molecule has 1 N–H and O–H groups in total. The minimum Gasteiger partial charge on any atom is -0.481 e. The Bertz CT molecular complexity index is 602. The third-order valence-electron chi connectivity index (χ3n) is 2.61. The van der Waals surface area contributed by atoms with Crippen LogP contribution in [0.2, 0.25) is 0 Å². The van der Waals surface area contributed by atoms with Gasteiger partial charge in [0.2, 0.25) is 0 Å². The molecular formula is C15H13F2NO2. The van der Waals surface area contributed by atoms with Crippen molar-refractivity contribution in [2.24, 2.45) is 0 Å². The minimum absolute atomic E-state index is 0.210. The van der Waals surface area contributed by atoms with Crippen molar-refractivity contribution in [2.75, 3.05) is 5.32 Å². The lowest BCUT2D eigenvalue weighted by atomic mass is 10.2. The number of carbonyl (C=O) groups excluding carboxylic acids is 1. The Morgan fingerprint density at radius 3 is 2.55 bits per heavy atom. The van der Waals surface area contributed by atoms with Gasteiger partial charge in [0.15, 0.2) is 6.10 Å². The standard InChI is InChI=1S/C15H13F2NO2/c1-10(20-12-5-3-2-4-6-12)15(19)18-14-9-11(16)7-8-13(14)17/h2-10H,1H3,(H,18,19)/t10-/m0/s1. The highest BCUT2D eigenvalue weighted by Crippen LogP contribution is 2.16. The van der Waals surface area contributed by atoms with Gasteiger partial charge in [0.05, 0.1) is 5.69 Å². The average molecular weight is 277 g/mol. The van der Waals surface area contributed by atoms with Crippen LogP contribution in [0.4, 0.5) is 14.5 Å². The molecule has 1 atom stereocenters. The number of anilines is 1. The zero-order valence-electron chi connectivity index (χ0n) is 10.8. The predicted molar refractivity (Wildman–Crippen MR) is 71.5 cm³/mol. The number of benzene rings is 2. The van der Waals surface area contributed by atoms with Crippen LogP contribution < -0.4 is 10.1 Å². The summed E-state index contributed by atoms with van der Waals surface area (Å²) in [6.45, 7) is 1.53. The number of carbonyl (C=O) groups is 1. The lowest BCUT2D eigenvalue weighted by Gasteiger charge is -2.15. The van der Waals surface area contributed by atoms with Crippen molar-refractivity contribution < 1.29 is 18.3 Å². The number of rotatable bonds is 4. The van der Waals surface area contributed by atoms with E-state index in [1.807, 2.05) is 6.07 Å². The first-order valence-corrected chi connectivity index (χ1v) is 6.04. The Kier molecular flexibility index (Phi) is 4.30. The Hall–Kier alpha value is -2.43. The Labute approximate surface area is 115 Å². The Balaban J connectivity index is 2.02. The van der Waals surface area contributed by atoms with Crippen LogP contribution in [0.1, 0.15) is 6.92 Å². The number of amides is 1. The second-order valence-corrected chi connectivity index (χ2v) is 4.19. The highest BCUT2D eigenvalue weighted by atomic mass is 19.1. The molecule has 0 aliphatic carbocycles. The Morgan fingerprint density at radius 1 is 1.15 bits per heavy atom. The largest absolute Gasteiger partial charge is 0.481 e. The van der Waals surface area contributed by atoms with E-state index in [0.29, 0.717) is 5.75 Å². The lowest BCUT2D eigenvalue weighted by Crippen LogP contribution is -2.30. The van der Waals surface area contributed by atoms with E-state index in [4.69, 9.17) is 4.74 Å². The summed E-state index contributed by atoms with van der Waals surface area (Å²) >= 11 is 0. The smallest absolute Gasteiger partial charge is 0.265 e. The highest BCUT2D eigenvalue weighted by molar-refractivity contribution is 5.94. The quantitative estimate of drug-likeness (QED) is 0.930. The normalized spacial score (nSPS) is 11.8. The summed E-state index contributed by atoms with van der Waals surface area (Å²) in [6, 6.07) is 11.6. The van der Waals surface area contributed by atoms with Crippen molar-refractivity contribution in [1.82, 2.24) is 0 Å². The molecule has 5 heteroatoms. The van der Waals surface area contributed by atoms with Gasteiger partial charge >= 0.3 is 0 Å². The van der Waals surface area contributed by atoms with Gasteiger partial charge in [-0.15, -0.1) is 0 Å². The van der Waals surface area contributed by atoms with E-state index >= 15 is 0 Å². The van der Waals surface area contributed by atoms with Crippen LogP contribution in [0.15, 0.2) is 48.5 Å². The third-order valence-corrected chi connectivity index (χ3v) is 2.61. The van der Waals surface area contributed by atoms with E-state index in [9.17, 15) is 13.6 Å². The molecule has 2 aromatic rings. The lowest BCUT2D eigenvalue weighted by molar-refractivity contribution is -0.122. The summed E-state index contributed by atoms with van der Waals surface area (Å²) in [6.07, 6.45) is -0.833. The molecule has 104 valence electrons. The van der Waals surface area contributed by atoms with Crippen molar-refractivity contribution in [1.29, 1.82) is 0 Å². The van der Waals surface area contributed by atoms with Crippen molar-refractivity contribution >= 4 is 11.6 Å². The molecule has 0 bridgehead atoms. The molecule has 0 aliphatic heterocycles. The van der Waals surface area contributed by atoms with Gasteiger partial charge < -0.3 is 10.1 Å². The topological polar surface area (TPSA) is 38.3 Å². The maximum atomic E-state index is 13.4. The van der Waals surface area contributed by atoms with Crippen LogP contribution in [0.3, 0.4) is 0 Å². The van der Waals surface area contributed by atoms with E-state index in [2.05, 4.69) is 5.32 Å². The van der Waals surface area contributed by atoms with Crippen LogP contribution in [0, 0.1) is 11.6 Å². The molecule has 0 aliphatic rings. The first-order valence-electron chi connectivity index (χ1n) is 6.04. The maximum absolute atomic E-state index is 13.4. The number of ether oxygens (including phenoxy) is 1. The average Bonchev–Trinajstić information content (AvgIpc) is 2.44. The number of nitrogens with one attached hydrogen (secondary N) is 1. The molecule has 1 amide bonds. The second kappa shape index (κ2) is 6.14. The SMILES string of the molecule is C[C@H](Oc1ccccc1)C(=O)Nc1cc(F)ccc1F. The van der Waals surface area contributed by atoms with Gasteiger partial charge in [-0.3, -0.25) is 4.79 Å². The predicted octanol–water partition coefficient (Wildman–Crippen LogP) is 3.37. The summed E-state index contributed by atoms with van der Waals surface area (Å²) in [5.74, 6) is -1.36. The van der Waals surface area contributed by atoms with Gasteiger partial charge in [-0.1, -0.05) is 18.2 Å². The molecule has 0 unspecified atom stereocenters. The van der Waals surface area contributed by atoms with Crippen molar-refractivity contribution in [3.63, 3.8) is 0 Å². The van der Waals surface area contributed by atoms with Crippen molar-refractivity contribution in [3.05, 3.63) is 60.2 Å². The van der Waals surface area contributed by atoms with Crippen LogP contribution in [0.25, 0.3) is 0 Å². The molecule has 0 radical (unpaired) electrons. The molecule has 3 nitrogen and oxygen atoms in total. The first kappa shape index (κ1) is 14.0. The zero-order chi connectivity index (χ0) is 14.5. The van der Waals surface area contributed by atoms with Crippen molar-refractivity contribution in [2.45, 2.75) is 13.0 Å². The Morgan fingerprint density at radius 2 is 1.85 bits per heavy atom. The van der Waals surface area contributed by atoms with Crippen molar-refractivity contribution in [3.8, 4) is 5.75 Å². The number of hydrogen-bond acceptors (Lipinski definition) is 2. The van der Waals surface area contributed by atoms with Gasteiger partial charge in [0.25, 0.3) is 5.91 Å². The highest BCUT2D eigenvalue weighted by Gasteiger charge is 2.16. The summed E-state index contributed by atoms with van der Waals surface area (Å²) in [4.78, 5) is 11.9. The fourth-order valence-corrected chi connectivity index (χ4v) is 1.58. The summed E-state index contributed by atoms with van der Waals surface area (Å²) in [5, 5.41) is 2.29. The van der Waals surface area contributed by atoms with Gasteiger partial charge in [-0.25, -0.2) is 8.78 Å². The number of para-hydroxylation sites is 1. The molecule has 0 saturated heterocycles. The van der Waals surface area contributed by atoms with Gasteiger partial charge in [-0.05, 0) is 31.2 Å². The monoisotopic (exact) mass is 277 g/mol. The van der Waals surface area contributed by atoms with Crippen LogP contribution >= 0.6 is 0 Å². The molecular weight excluding hydrogens is 264 g/mol. The molecule has 0 fully saturated rings. The van der Waals surface area contributed by atoms with E-state index in [1.54, 1.807) is 24.3 Å². The number of hydrogen-bond donors (Lipinski definition) is 1. The molecule has 0 saturated carbocycles. The molecule has 20 heavy (non-hydrogen) atoms.